The Bertz CT molecular complexity index is 259. The number of hydrogen-bond acceptors (Lipinski definition) is 2. The highest BCUT2D eigenvalue weighted by atomic mass is 35.5. The summed E-state index contributed by atoms with van der Waals surface area (Å²) in [6.07, 6.45) is 0.763. The van der Waals surface area contributed by atoms with Gasteiger partial charge in [0, 0.05) is 6.07 Å². The van der Waals surface area contributed by atoms with E-state index in [4.69, 9.17) is 16.3 Å². The first-order valence-corrected chi connectivity index (χ1v) is 4.12. The van der Waals surface area contributed by atoms with Gasteiger partial charge < -0.3 is 9.84 Å². The van der Waals surface area contributed by atoms with E-state index in [2.05, 4.69) is 0 Å². The quantitative estimate of drug-likeness (QED) is 0.770. The minimum Gasteiger partial charge on any atom is -0.508 e. The SMILES string of the molecule is CCc1cc(OC)c(Cl)cc1O. The lowest BCUT2D eigenvalue weighted by atomic mass is 10.1. The van der Waals surface area contributed by atoms with Gasteiger partial charge in [0.25, 0.3) is 0 Å². The Kier molecular flexibility index (Phi) is 2.82. The van der Waals surface area contributed by atoms with Gasteiger partial charge in [0.1, 0.15) is 11.5 Å². The summed E-state index contributed by atoms with van der Waals surface area (Å²) in [5, 5.41) is 9.81. The van der Waals surface area contributed by atoms with Crippen LogP contribution in [0.15, 0.2) is 12.1 Å². The molecule has 0 aliphatic rings. The highest BCUT2D eigenvalue weighted by molar-refractivity contribution is 6.32. The molecule has 12 heavy (non-hydrogen) atoms. The Morgan fingerprint density at radius 2 is 2.17 bits per heavy atom. The normalized spacial score (nSPS) is 9.92. The monoisotopic (exact) mass is 186 g/mol. The first kappa shape index (κ1) is 9.20. The number of benzene rings is 1. The number of phenols is 1. The smallest absolute Gasteiger partial charge is 0.137 e. The number of aryl methyl sites for hydroxylation is 1. The molecule has 0 unspecified atom stereocenters. The maximum absolute atomic E-state index is 9.37. The topological polar surface area (TPSA) is 29.5 Å². The minimum absolute atomic E-state index is 0.225. The predicted octanol–water partition coefficient (Wildman–Crippen LogP) is 2.62. The van der Waals surface area contributed by atoms with E-state index in [0.29, 0.717) is 10.8 Å². The maximum Gasteiger partial charge on any atom is 0.137 e. The summed E-state index contributed by atoms with van der Waals surface area (Å²) in [4.78, 5) is 0. The molecule has 3 heteroatoms. The van der Waals surface area contributed by atoms with Gasteiger partial charge in [0.15, 0.2) is 0 Å². The molecule has 0 heterocycles. The zero-order valence-electron chi connectivity index (χ0n) is 7.10. The third-order valence-corrected chi connectivity index (χ3v) is 2.03. The Morgan fingerprint density at radius 1 is 1.50 bits per heavy atom. The van der Waals surface area contributed by atoms with Crippen LogP contribution in [0.1, 0.15) is 12.5 Å². The molecule has 0 spiro atoms. The molecule has 0 saturated carbocycles. The van der Waals surface area contributed by atoms with Crippen molar-refractivity contribution in [3.63, 3.8) is 0 Å². The van der Waals surface area contributed by atoms with E-state index in [1.807, 2.05) is 6.92 Å². The number of ether oxygens (including phenoxy) is 1. The second kappa shape index (κ2) is 3.68. The summed E-state index contributed by atoms with van der Waals surface area (Å²) in [5.41, 5.74) is 0.844. The Labute approximate surface area is 76.7 Å². The van der Waals surface area contributed by atoms with Crippen molar-refractivity contribution in [3.05, 3.63) is 22.7 Å². The molecular weight excluding hydrogens is 176 g/mol. The van der Waals surface area contributed by atoms with Crippen LogP contribution in [0.5, 0.6) is 11.5 Å². The van der Waals surface area contributed by atoms with Gasteiger partial charge in [0.2, 0.25) is 0 Å². The minimum atomic E-state index is 0.225. The number of hydrogen-bond donors (Lipinski definition) is 1. The van der Waals surface area contributed by atoms with Crippen molar-refractivity contribution in [2.24, 2.45) is 0 Å². The number of halogens is 1. The second-order valence-electron chi connectivity index (χ2n) is 2.47. The van der Waals surface area contributed by atoms with Gasteiger partial charge in [-0.2, -0.15) is 0 Å². The molecule has 2 nitrogen and oxygen atoms in total. The average Bonchev–Trinajstić information content (AvgIpc) is 2.05. The molecule has 0 aliphatic carbocycles. The molecule has 0 amide bonds. The van der Waals surface area contributed by atoms with Crippen LogP contribution in [0.3, 0.4) is 0 Å². The van der Waals surface area contributed by atoms with Crippen LogP contribution in [-0.2, 0) is 6.42 Å². The van der Waals surface area contributed by atoms with Crippen LogP contribution in [-0.4, -0.2) is 12.2 Å². The fraction of sp³-hybridized carbons (Fsp3) is 0.333. The summed E-state index contributed by atoms with van der Waals surface area (Å²) in [6, 6.07) is 3.25. The number of rotatable bonds is 2. The molecule has 1 aromatic rings. The van der Waals surface area contributed by atoms with Crippen molar-refractivity contribution in [3.8, 4) is 11.5 Å². The molecule has 0 radical (unpaired) electrons. The van der Waals surface area contributed by atoms with E-state index in [1.165, 1.54) is 6.07 Å². The molecule has 0 atom stereocenters. The fourth-order valence-electron chi connectivity index (χ4n) is 1.02. The lowest BCUT2D eigenvalue weighted by molar-refractivity contribution is 0.411. The maximum atomic E-state index is 9.37. The molecule has 0 aliphatic heterocycles. The first-order valence-electron chi connectivity index (χ1n) is 3.74. The van der Waals surface area contributed by atoms with Crippen molar-refractivity contribution >= 4 is 11.6 Å². The van der Waals surface area contributed by atoms with E-state index in [9.17, 15) is 5.11 Å². The highest BCUT2D eigenvalue weighted by Gasteiger charge is 2.05. The highest BCUT2D eigenvalue weighted by Crippen LogP contribution is 2.31. The molecule has 1 aromatic carbocycles. The number of aromatic hydroxyl groups is 1. The van der Waals surface area contributed by atoms with E-state index in [-0.39, 0.29) is 5.75 Å². The molecule has 0 aromatic heterocycles. The Balaban J connectivity index is 3.18. The van der Waals surface area contributed by atoms with Gasteiger partial charge in [-0.3, -0.25) is 0 Å². The second-order valence-corrected chi connectivity index (χ2v) is 2.88. The van der Waals surface area contributed by atoms with E-state index in [1.54, 1.807) is 13.2 Å². The van der Waals surface area contributed by atoms with Gasteiger partial charge in [-0.05, 0) is 18.1 Å². The van der Waals surface area contributed by atoms with Crippen molar-refractivity contribution < 1.29 is 9.84 Å². The molecule has 0 fully saturated rings. The van der Waals surface area contributed by atoms with Gasteiger partial charge in [0.05, 0.1) is 12.1 Å². The third-order valence-electron chi connectivity index (χ3n) is 1.73. The predicted molar refractivity (Wildman–Crippen MR) is 49.0 cm³/mol. The summed E-state index contributed by atoms with van der Waals surface area (Å²) in [7, 11) is 1.55. The van der Waals surface area contributed by atoms with E-state index >= 15 is 0 Å². The Hall–Kier alpha value is -0.890. The van der Waals surface area contributed by atoms with Gasteiger partial charge in [-0.25, -0.2) is 0 Å². The van der Waals surface area contributed by atoms with Gasteiger partial charge >= 0.3 is 0 Å². The van der Waals surface area contributed by atoms with Gasteiger partial charge in [-0.1, -0.05) is 18.5 Å². The average molecular weight is 187 g/mol. The fourth-order valence-corrected chi connectivity index (χ4v) is 1.26. The summed E-state index contributed by atoms with van der Waals surface area (Å²) in [6.45, 7) is 1.96. The summed E-state index contributed by atoms with van der Waals surface area (Å²) >= 11 is 5.77. The molecule has 0 saturated heterocycles. The van der Waals surface area contributed by atoms with E-state index in [0.717, 1.165) is 12.0 Å². The first-order chi connectivity index (χ1) is 5.69. The lowest BCUT2D eigenvalue weighted by Crippen LogP contribution is -1.88. The zero-order chi connectivity index (χ0) is 9.14. The van der Waals surface area contributed by atoms with Crippen LogP contribution in [0.2, 0.25) is 5.02 Å². The molecule has 66 valence electrons. The summed E-state index contributed by atoms with van der Waals surface area (Å²) in [5.74, 6) is 0.828. The van der Waals surface area contributed by atoms with Gasteiger partial charge in [-0.15, -0.1) is 0 Å². The summed E-state index contributed by atoms with van der Waals surface area (Å²) < 4.78 is 5.00. The number of methoxy groups -OCH3 is 1. The van der Waals surface area contributed by atoms with Crippen LogP contribution >= 0.6 is 11.6 Å². The van der Waals surface area contributed by atoms with Crippen LogP contribution in [0.25, 0.3) is 0 Å². The standard InChI is InChI=1S/C9H11ClO2/c1-3-6-4-9(12-2)7(10)5-8(6)11/h4-5,11H,3H2,1-2H3. The largest absolute Gasteiger partial charge is 0.508 e. The molecule has 1 N–H and O–H groups in total. The number of phenolic OH excluding ortho intramolecular Hbond substituents is 1. The molecule has 1 rings (SSSR count). The van der Waals surface area contributed by atoms with E-state index < -0.39 is 0 Å². The Morgan fingerprint density at radius 3 is 2.67 bits per heavy atom. The van der Waals surface area contributed by atoms with Crippen LogP contribution in [0, 0.1) is 0 Å². The lowest BCUT2D eigenvalue weighted by Gasteiger charge is -2.06. The zero-order valence-corrected chi connectivity index (χ0v) is 7.85. The van der Waals surface area contributed by atoms with Crippen LogP contribution in [0.4, 0.5) is 0 Å². The van der Waals surface area contributed by atoms with Crippen molar-refractivity contribution in [2.75, 3.05) is 7.11 Å². The van der Waals surface area contributed by atoms with Crippen molar-refractivity contribution in [1.82, 2.24) is 0 Å². The molecular formula is C9H11ClO2. The van der Waals surface area contributed by atoms with Crippen molar-refractivity contribution in [1.29, 1.82) is 0 Å². The van der Waals surface area contributed by atoms with Crippen LogP contribution < -0.4 is 4.74 Å². The third kappa shape index (κ3) is 1.64. The molecule has 0 bridgehead atoms. The van der Waals surface area contributed by atoms with Crippen molar-refractivity contribution in [2.45, 2.75) is 13.3 Å².